The highest BCUT2D eigenvalue weighted by molar-refractivity contribution is 6.13. The highest BCUT2D eigenvalue weighted by Gasteiger charge is 2.19. The van der Waals surface area contributed by atoms with Gasteiger partial charge < -0.3 is 8.83 Å². The van der Waals surface area contributed by atoms with E-state index in [4.69, 9.17) is 8.83 Å². The average molecular weight is 474 g/mol. The zero-order valence-electron chi connectivity index (χ0n) is 19.1. The van der Waals surface area contributed by atoms with Gasteiger partial charge in [0.2, 0.25) is 0 Å². The highest BCUT2D eigenvalue weighted by Crippen LogP contribution is 2.32. The second kappa shape index (κ2) is 8.39. The molecule has 0 unspecified atom stereocenters. The Labute approximate surface area is 204 Å². The molecule has 0 spiro atoms. The maximum Gasteiger partial charge on any atom is 0.347 e. The van der Waals surface area contributed by atoms with Crippen molar-refractivity contribution in [3.05, 3.63) is 116 Å². The van der Waals surface area contributed by atoms with E-state index in [0.717, 1.165) is 5.56 Å². The predicted octanol–water partition coefficient (Wildman–Crippen LogP) is 5.67. The van der Waals surface area contributed by atoms with Crippen LogP contribution in [0.15, 0.2) is 101 Å². The summed E-state index contributed by atoms with van der Waals surface area (Å²) in [7, 11) is 0. The van der Waals surface area contributed by atoms with Gasteiger partial charge in [0.25, 0.3) is 0 Å². The van der Waals surface area contributed by atoms with Gasteiger partial charge in [0.05, 0.1) is 28.0 Å². The zero-order chi connectivity index (χ0) is 24.8. The molecule has 2 aromatic heterocycles. The molecule has 1 aliphatic heterocycles. The number of nitrogens with zero attached hydrogens (tertiary/aromatic N) is 2. The molecule has 3 heterocycles. The number of fused-ring (bicyclic) bond motifs is 4. The van der Waals surface area contributed by atoms with E-state index < -0.39 is 11.3 Å². The molecule has 0 amide bonds. The molecule has 5 aromatic rings. The third kappa shape index (κ3) is 3.67. The first-order valence-electron chi connectivity index (χ1n) is 11.3. The highest BCUT2D eigenvalue weighted by atomic mass is 16.4. The minimum absolute atomic E-state index is 0.119. The summed E-state index contributed by atoms with van der Waals surface area (Å²) < 4.78 is 11.1. The summed E-state index contributed by atoms with van der Waals surface area (Å²) in [5, 5.41) is 0.717. The van der Waals surface area contributed by atoms with Gasteiger partial charge in [-0.05, 0) is 43.3 Å². The van der Waals surface area contributed by atoms with Gasteiger partial charge in [-0.1, -0.05) is 42.0 Å². The number of aryl methyl sites for hydroxylation is 1. The van der Waals surface area contributed by atoms with E-state index in [2.05, 4.69) is 9.98 Å². The van der Waals surface area contributed by atoms with Gasteiger partial charge in [0, 0.05) is 23.8 Å². The maximum absolute atomic E-state index is 13.0. The summed E-state index contributed by atoms with van der Waals surface area (Å²) in [6.07, 6.45) is 1.86. The van der Waals surface area contributed by atoms with Gasteiger partial charge in [-0.2, -0.15) is 0 Å². The normalized spacial score (nSPS) is 12.9. The quantitative estimate of drug-likeness (QED) is 0.191. The Kier molecular flexibility index (Phi) is 5.04. The van der Waals surface area contributed by atoms with Gasteiger partial charge in [0.15, 0.2) is 11.4 Å². The average Bonchev–Trinajstić information content (AvgIpc) is 3.11. The largest absolute Gasteiger partial charge is 0.422 e. The van der Waals surface area contributed by atoms with Crippen LogP contribution in [0.1, 0.15) is 33.5 Å². The lowest BCUT2D eigenvalue weighted by Gasteiger charge is -2.07. The molecule has 36 heavy (non-hydrogen) atoms. The Morgan fingerprint density at radius 2 is 1.64 bits per heavy atom. The van der Waals surface area contributed by atoms with Crippen molar-refractivity contribution in [3.63, 3.8) is 0 Å². The molecule has 0 saturated carbocycles. The predicted molar refractivity (Wildman–Crippen MR) is 139 cm³/mol. The molecule has 0 N–H and O–H groups in total. The van der Waals surface area contributed by atoms with Crippen LogP contribution in [0.25, 0.3) is 21.9 Å². The molecule has 7 heteroatoms. The second-order valence-electron chi connectivity index (χ2n) is 8.55. The smallest absolute Gasteiger partial charge is 0.347 e. The monoisotopic (exact) mass is 474 g/mol. The van der Waals surface area contributed by atoms with Crippen LogP contribution in [0.3, 0.4) is 0 Å². The van der Waals surface area contributed by atoms with Crippen molar-refractivity contribution in [1.29, 1.82) is 0 Å². The Morgan fingerprint density at radius 3 is 2.47 bits per heavy atom. The van der Waals surface area contributed by atoms with Crippen LogP contribution in [-0.4, -0.2) is 17.7 Å². The molecule has 1 aliphatic rings. The first-order chi connectivity index (χ1) is 17.5. The second-order valence-corrected chi connectivity index (χ2v) is 8.55. The van der Waals surface area contributed by atoms with E-state index >= 15 is 0 Å². The minimum atomic E-state index is -0.609. The fourth-order valence-electron chi connectivity index (χ4n) is 4.30. The Hall–Kier alpha value is -4.91. The van der Waals surface area contributed by atoms with Crippen molar-refractivity contribution < 1.29 is 13.6 Å². The minimum Gasteiger partial charge on any atom is -0.422 e. The number of hydrogen-bond acceptors (Lipinski definition) is 7. The fourth-order valence-corrected chi connectivity index (χ4v) is 4.30. The van der Waals surface area contributed by atoms with Crippen molar-refractivity contribution in [1.82, 2.24) is 0 Å². The number of rotatable bonds is 3. The lowest BCUT2D eigenvalue weighted by Crippen LogP contribution is -2.16. The van der Waals surface area contributed by atoms with E-state index in [1.165, 1.54) is 6.07 Å². The third-order valence-corrected chi connectivity index (χ3v) is 6.11. The molecule has 0 bridgehead atoms. The summed E-state index contributed by atoms with van der Waals surface area (Å²) >= 11 is 0. The molecule has 0 atom stereocenters. The van der Waals surface area contributed by atoms with E-state index in [0.29, 0.717) is 39.2 Å². The number of benzene rings is 3. The van der Waals surface area contributed by atoms with Gasteiger partial charge >= 0.3 is 11.3 Å². The Morgan fingerprint density at radius 1 is 0.806 bits per heavy atom. The summed E-state index contributed by atoms with van der Waals surface area (Å²) in [5.74, 6) is -0.119. The molecule has 0 aliphatic carbocycles. The van der Waals surface area contributed by atoms with Crippen LogP contribution in [0, 0.1) is 6.92 Å². The zero-order valence-corrected chi connectivity index (χ0v) is 19.1. The molecule has 0 fully saturated rings. The summed E-state index contributed by atoms with van der Waals surface area (Å²) in [6, 6.07) is 20.8. The van der Waals surface area contributed by atoms with Crippen LogP contribution < -0.4 is 11.3 Å². The van der Waals surface area contributed by atoms with Gasteiger partial charge in [-0.15, -0.1) is 0 Å². The molecule has 0 saturated heterocycles. The van der Waals surface area contributed by atoms with Crippen molar-refractivity contribution in [2.75, 3.05) is 0 Å². The number of carbonyl (C=O) groups is 1. The van der Waals surface area contributed by atoms with Crippen molar-refractivity contribution in [2.24, 2.45) is 9.98 Å². The van der Waals surface area contributed by atoms with Crippen molar-refractivity contribution in [3.8, 4) is 0 Å². The van der Waals surface area contributed by atoms with Crippen LogP contribution >= 0.6 is 0 Å². The molecule has 3 aromatic carbocycles. The Balaban J connectivity index is 1.46. The third-order valence-electron chi connectivity index (χ3n) is 6.11. The number of ketones is 1. The molecule has 7 nitrogen and oxygen atoms in total. The Bertz CT molecular complexity index is 1880. The van der Waals surface area contributed by atoms with Crippen LogP contribution in [0.2, 0.25) is 0 Å². The van der Waals surface area contributed by atoms with Crippen LogP contribution in [0.4, 0.5) is 11.4 Å². The summed E-state index contributed by atoms with van der Waals surface area (Å²) in [4.78, 5) is 47.6. The molecular formula is C29H18N2O5. The molecule has 174 valence electrons. The summed E-state index contributed by atoms with van der Waals surface area (Å²) in [5.41, 5.74) is 2.91. The van der Waals surface area contributed by atoms with E-state index in [1.807, 2.05) is 37.3 Å². The van der Waals surface area contributed by atoms with Gasteiger partial charge in [0.1, 0.15) is 11.0 Å². The van der Waals surface area contributed by atoms with Crippen LogP contribution in [-0.2, 0) is 0 Å². The number of hydrogen-bond donors (Lipinski definition) is 0. The van der Waals surface area contributed by atoms with Crippen LogP contribution in [0.5, 0.6) is 0 Å². The maximum atomic E-state index is 13.0. The van der Waals surface area contributed by atoms with E-state index in [9.17, 15) is 14.4 Å². The van der Waals surface area contributed by atoms with E-state index in [-0.39, 0.29) is 28.7 Å². The van der Waals surface area contributed by atoms with E-state index in [1.54, 1.807) is 42.6 Å². The standard InChI is InChI=1S/C29H18N2O5/c1-16-7-10-25-20(13-16)27-21(29(34)35-25)15-19(28(33)36-27)22-11-12-30-24-14-18(8-9-23(24)31-22)26(32)17-5-3-2-4-6-17/h2-10,12-15H,11H2,1H3. The molecule has 6 rings (SSSR count). The molecule has 0 radical (unpaired) electrons. The number of carbonyl (C=O) groups excluding carboxylic acids is 1. The topological polar surface area (TPSA) is 102 Å². The first kappa shape index (κ1) is 21.6. The lowest BCUT2D eigenvalue weighted by molar-refractivity contribution is 0.103. The SMILES string of the molecule is Cc1ccc2oc(=O)c3cc(C4=Nc5ccc(C(=O)c6ccccc6)cc5N=CC4)c(=O)oc3c2c1. The first-order valence-corrected chi connectivity index (χ1v) is 11.3. The van der Waals surface area contributed by atoms with Gasteiger partial charge in [-0.3, -0.25) is 9.79 Å². The summed E-state index contributed by atoms with van der Waals surface area (Å²) in [6.45, 7) is 1.90. The van der Waals surface area contributed by atoms with Crippen molar-refractivity contribution >= 4 is 51.0 Å². The number of aliphatic imine (C=N–C) groups is 2. The fraction of sp³-hybridized carbons (Fsp3) is 0.0690. The van der Waals surface area contributed by atoms with Crippen molar-refractivity contribution in [2.45, 2.75) is 13.3 Å². The molecular weight excluding hydrogens is 456 g/mol. The lowest BCUT2D eigenvalue weighted by atomic mass is 10.0. The van der Waals surface area contributed by atoms with Gasteiger partial charge in [-0.25, -0.2) is 14.6 Å².